The van der Waals surface area contributed by atoms with E-state index in [0.29, 0.717) is 0 Å². The maximum absolute atomic E-state index is 6.09. The Morgan fingerprint density at radius 1 is 1.36 bits per heavy atom. The van der Waals surface area contributed by atoms with E-state index in [1.165, 1.54) is 21.2 Å². The quantitative estimate of drug-likeness (QED) is 0.816. The van der Waals surface area contributed by atoms with E-state index in [-0.39, 0.29) is 5.54 Å². The van der Waals surface area contributed by atoms with E-state index in [2.05, 4.69) is 54.1 Å². The molecular formula is C12H14BrN. The van der Waals surface area contributed by atoms with Crippen molar-refractivity contribution in [1.82, 2.24) is 0 Å². The fourth-order valence-electron chi connectivity index (χ4n) is 1.74. The lowest BCUT2D eigenvalue weighted by atomic mass is 9.94. The normalized spacial score (nSPS) is 15.3. The minimum Gasteiger partial charge on any atom is -0.322 e. The molecule has 1 aromatic rings. The topological polar surface area (TPSA) is 26.0 Å². The van der Waals surface area contributed by atoms with Crippen molar-refractivity contribution < 1.29 is 0 Å². The summed E-state index contributed by atoms with van der Waals surface area (Å²) < 4.78 is 1.19. The predicted octanol–water partition coefficient (Wildman–Crippen LogP) is 3.13. The predicted molar refractivity (Wildman–Crippen MR) is 64.1 cm³/mol. The number of benzene rings is 1. The van der Waals surface area contributed by atoms with Crippen molar-refractivity contribution in [1.29, 1.82) is 0 Å². The van der Waals surface area contributed by atoms with Crippen LogP contribution in [0.15, 0.2) is 28.2 Å². The first-order valence-corrected chi connectivity index (χ1v) is 5.55. The van der Waals surface area contributed by atoms with Gasteiger partial charge in [-0.3, -0.25) is 0 Å². The summed E-state index contributed by atoms with van der Waals surface area (Å²) in [7, 11) is 0. The van der Waals surface area contributed by atoms with Gasteiger partial charge in [0.2, 0.25) is 0 Å². The summed E-state index contributed by atoms with van der Waals surface area (Å²) in [5, 5.41) is 0. The number of fused-ring (bicyclic) bond motifs is 1. The van der Waals surface area contributed by atoms with Gasteiger partial charge in [0.1, 0.15) is 0 Å². The zero-order valence-electron chi connectivity index (χ0n) is 8.47. The Morgan fingerprint density at radius 3 is 2.64 bits per heavy atom. The molecule has 0 spiro atoms. The second kappa shape index (κ2) is 3.21. The maximum atomic E-state index is 6.09. The van der Waals surface area contributed by atoms with Crippen LogP contribution in [0.2, 0.25) is 0 Å². The van der Waals surface area contributed by atoms with Gasteiger partial charge < -0.3 is 5.73 Å². The lowest BCUT2D eigenvalue weighted by molar-refractivity contribution is 0.604. The van der Waals surface area contributed by atoms with Crippen LogP contribution < -0.4 is 5.73 Å². The molecule has 1 aliphatic rings. The molecule has 0 radical (unpaired) electrons. The Morgan fingerprint density at radius 2 is 2.07 bits per heavy atom. The molecule has 0 aliphatic heterocycles. The molecule has 1 aliphatic carbocycles. The summed E-state index contributed by atoms with van der Waals surface area (Å²) in [5.41, 5.74) is 9.84. The lowest BCUT2D eigenvalue weighted by Gasteiger charge is -2.20. The van der Waals surface area contributed by atoms with Crippen molar-refractivity contribution in [3.63, 3.8) is 0 Å². The Labute approximate surface area is 93.1 Å². The molecular weight excluding hydrogens is 238 g/mol. The lowest BCUT2D eigenvalue weighted by Crippen LogP contribution is -2.34. The first kappa shape index (κ1) is 9.94. The molecule has 2 N–H and O–H groups in total. The number of hydrogen-bond acceptors (Lipinski definition) is 1. The third kappa shape index (κ3) is 1.64. The van der Waals surface area contributed by atoms with Crippen LogP contribution >= 0.6 is 15.9 Å². The highest BCUT2D eigenvalue weighted by atomic mass is 79.9. The standard InChI is InChI=1S/C12H14BrN/c1-12(2,14)9-6-8-4-3-5-11(13)10(8)7-9/h3-6H,7,14H2,1-2H3. The van der Waals surface area contributed by atoms with Crippen molar-refractivity contribution in [2.75, 3.05) is 0 Å². The summed E-state index contributed by atoms with van der Waals surface area (Å²) in [4.78, 5) is 0. The molecule has 0 fully saturated rings. The molecule has 1 aromatic carbocycles. The molecule has 0 amide bonds. The average molecular weight is 252 g/mol. The van der Waals surface area contributed by atoms with Crippen LogP contribution in [0.25, 0.3) is 6.08 Å². The Bertz CT molecular complexity index is 399. The summed E-state index contributed by atoms with van der Waals surface area (Å²) in [6.07, 6.45) is 3.18. The maximum Gasteiger partial charge on any atom is 0.0318 e. The van der Waals surface area contributed by atoms with Crippen LogP contribution in [-0.4, -0.2) is 5.54 Å². The van der Waals surface area contributed by atoms with Crippen LogP contribution in [0.4, 0.5) is 0 Å². The zero-order chi connectivity index (χ0) is 10.3. The molecule has 0 aromatic heterocycles. The van der Waals surface area contributed by atoms with E-state index >= 15 is 0 Å². The fourth-order valence-corrected chi connectivity index (χ4v) is 2.26. The summed E-state index contributed by atoms with van der Waals surface area (Å²) in [6.45, 7) is 4.11. The van der Waals surface area contributed by atoms with Crippen LogP contribution in [-0.2, 0) is 6.42 Å². The third-order valence-electron chi connectivity index (χ3n) is 2.68. The van der Waals surface area contributed by atoms with Gasteiger partial charge >= 0.3 is 0 Å². The van der Waals surface area contributed by atoms with Crippen molar-refractivity contribution >= 4 is 22.0 Å². The van der Waals surface area contributed by atoms with Crippen molar-refractivity contribution in [3.05, 3.63) is 39.4 Å². The van der Waals surface area contributed by atoms with Crippen LogP contribution in [0.5, 0.6) is 0 Å². The van der Waals surface area contributed by atoms with E-state index < -0.39 is 0 Å². The summed E-state index contributed by atoms with van der Waals surface area (Å²) in [5.74, 6) is 0. The molecule has 0 unspecified atom stereocenters. The van der Waals surface area contributed by atoms with E-state index in [9.17, 15) is 0 Å². The van der Waals surface area contributed by atoms with E-state index in [1.807, 2.05) is 0 Å². The number of halogens is 1. The van der Waals surface area contributed by atoms with Crippen molar-refractivity contribution in [3.8, 4) is 0 Å². The van der Waals surface area contributed by atoms with Gasteiger partial charge in [-0.2, -0.15) is 0 Å². The molecule has 0 heterocycles. The van der Waals surface area contributed by atoms with E-state index in [0.717, 1.165) is 6.42 Å². The molecule has 1 nitrogen and oxygen atoms in total. The summed E-state index contributed by atoms with van der Waals surface area (Å²) in [6, 6.07) is 6.28. The fraction of sp³-hybridized carbons (Fsp3) is 0.333. The highest BCUT2D eigenvalue weighted by Gasteiger charge is 2.24. The largest absolute Gasteiger partial charge is 0.322 e. The molecule has 0 saturated heterocycles. The third-order valence-corrected chi connectivity index (χ3v) is 3.42. The Hall–Kier alpha value is -0.600. The highest BCUT2D eigenvalue weighted by molar-refractivity contribution is 9.10. The van der Waals surface area contributed by atoms with Gasteiger partial charge in [-0.25, -0.2) is 0 Å². The van der Waals surface area contributed by atoms with Crippen LogP contribution in [0.1, 0.15) is 25.0 Å². The summed E-state index contributed by atoms with van der Waals surface area (Å²) >= 11 is 3.57. The first-order chi connectivity index (χ1) is 6.48. The van der Waals surface area contributed by atoms with E-state index in [4.69, 9.17) is 5.73 Å². The Kier molecular flexibility index (Phi) is 2.28. The van der Waals surface area contributed by atoms with Crippen molar-refractivity contribution in [2.24, 2.45) is 5.73 Å². The molecule has 0 bridgehead atoms. The molecule has 0 saturated carbocycles. The average Bonchev–Trinajstić information content (AvgIpc) is 2.48. The van der Waals surface area contributed by atoms with Gasteiger partial charge in [0, 0.05) is 10.0 Å². The molecule has 0 atom stereocenters. The van der Waals surface area contributed by atoms with Gasteiger partial charge in [0.25, 0.3) is 0 Å². The molecule has 2 rings (SSSR count). The van der Waals surface area contributed by atoms with Gasteiger partial charge in [-0.1, -0.05) is 34.1 Å². The molecule has 74 valence electrons. The van der Waals surface area contributed by atoms with E-state index in [1.54, 1.807) is 0 Å². The van der Waals surface area contributed by atoms with Gasteiger partial charge in [-0.05, 0) is 43.0 Å². The monoisotopic (exact) mass is 251 g/mol. The van der Waals surface area contributed by atoms with Crippen LogP contribution in [0, 0.1) is 0 Å². The zero-order valence-corrected chi connectivity index (χ0v) is 10.1. The molecule has 14 heavy (non-hydrogen) atoms. The number of nitrogens with two attached hydrogens (primary N) is 1. The molecule has 2 heteroatoms. The smallest absolute Gasteiger partial charge is 0.0318 e. The van der Waals surface area contributed by atoms with Gasteiger partial charge in [0.15, 0.2) is 0 Å². The Balaban J connectivity index is 2.42. The highest BCUT2D eigenvalue weighted by Crippen LogP contribution is 2.34. The minimum atomic E-state index is -0.210. The van der Waals surface area contributed by atoms with Gasteiger partial charge in [-0.15, -0.1) is 0 Å². The van der Waals surface area contributed by atoms with Crippen molar-refractivity contribution in [2.45, 2.75) is 25.8 Å². The first-order valence-electron chi connectivity index (χ1n) is 4.76. The number of rotatable bonds is 1. The van der Waals surface area contributed by atoms with Crippen LogP contribution in [0.3, 0.4) is 0 Å². The SMILES string of the molecule is CC(C)(N)C1=Cc2cccc(Br)c2C1. The number of hydrogen-bond donors (Lipinski definition) is 1. The second-order valence-electron chi connectivity index (χ2n) is 4.38. The van der Waals surface area contributed by atoms with Gasteiger partial charge in [0.05, 0.1) is 0 Å². The minimum absolute atomic E-state index is 0.210. The second-order valence-corrected chi connectivity index (χ2v) is 5.23.